The summed E-state index contributed by atoms with van der Waals surface area (Å²) in [4.78, 5) is 0. The average Bonchev–Trinajstić information content (AvgIpc) is 2.40. The monoisotopic (exact) mass is 251 g/mol. The minimum atomic E-state index is -0.0231. The van der Waals surface area contributed by atoms with Crippen LogP contribution in [0.15, 0.2) is 22.7 Å². The lowest BCUT2D eigenvalue weighted by Gasteiger charge is -2.10. The number of rotatable bonds is 0. The van der Waals surface area contributed by atoms with Crippen LogP contribution in [0.3, 0.4) is 0 Å². The SMILES string of the molecule is N#CC1CCCOc2c(Br)cccc21. The first kappa shape index (κ1) is 9.54. The van der Waals surface area contributed by atoms with Gasteiger partial charge in [0.1, 0.15) is 5.75 Å². The van der Waals surface area contributed by atoms with Crippen LogP contribution in [0.4, 0.5) is 0 Å². The number of para-hydroxylation sites is 1. The summed E-state index contributed by atoms with van der Waals surface area (Å²) in [6.45, 7) is 0.702. The summed E-state index contributed by atoms with van der Waals surface area (Å²) in [5.74, 6) is 0.821. The fourth-order valence-corrected chi connectivity index (χ4v) is 2.20. The minimum absolute atomic E-state index is 0.0231. The van der Waals surface area contributed by atoms with Gasteiger partial charge in [-0.2, -0.15) is 5.26 Å². The van der Waals surface area contributed by atoms with Gasteiger partial charge in [-0.15, -0.1) is 0 Å². The summed E-state index contributed by atoms with van der Waals surface area (Å²) in [5, 5.41) is 9.03. The summed E-state index contributed by atoms with van der Waals surface area (Å²) in [5.41, 5.74) is 1.01. The largest absolute Gasteiger partial charge is 0.492 e. The van der Waals surface area contributed by atoms with E-state index < -0.39 is 0 Å². The molecule has 1 aliphatic rings. The lowest BCUT2D eigenvalue weighted by Crippen LogP contribution is -1.96. The molecule has 0 radical (unpaired) electrons. The van der Waals surface area contributed by atoms with Crippen molar-refractivity contribution < 1.29 is 4.74 Å². The van der Waals surface area contributed by atoms with E-state index in [2.05, 4.69) is 22.0 Å². The van der Waals surface area contributed by atoms with E-state index in [0.717, 1.165) is 28.6 Å². The van der Waals surface area contributed by atoms with E-state index in [1.54, 1.807) is 0 Å². The zero-order chi connectivity index (χ0) is 9.97. The Hall–Kier alpha value is -1.01. The van der Waals surface area contributed by atoms with Crippen LogP contribution in [0.2, 0.25) is 0 Å². The van der Waals surface area contributed by atoms with E-state index in [1.165, 1.54) is 0 Å². The van der Waals surface area contributed by atoms with E-state index in [1.807, 2.05) is 18.2 Å². The maximum atomic E-state index is 9.03. The fourth-order valence-electron chi connectivity index (χ4n) is 1.70. The van der Waals surface area contributed by atoms with Crippen LogP contribution in [0.1, 0.15) is 24.3 Å². The Morgan fingerprint density at radius 3 is 3.14 bits per heavy atom. The Morgan fingerprint density at radius 2 is 2.36 bits per heavy atom. The smallest absolute Gasteiger partial charge is 0.137 e. The number of ether oxygens (including phenoxy) is 1. The Kier molecular flexibility index (Phi) is 2.74. The maximum absolute atomic E-state index is 9.03. The second-order valence-corrected chi connectivity index (χ2v) is 4.18. The highest BCUT2D eigenvalue weighted by atomic mass is 79.9. The first-order valence-electron chi connectivity index (χ1n) is 4.64. The van der Waals surface area contributed by atoms with Crippen LogP contribution in [-0.2, 0) is 0 Å². The van der Waals surface area contributed by atoms with E-state index in [-0.39, 0.29) is 5.92 Å². The molecule has 0 bridgehead atoms. The molecular weight excluding hydrogens is 242 g/mol. The third kappa shape index (κ3) is 1.62. The number of nitrogens with zero attached hydrogens (tertiary/aromatic N) is 1. The van der Waals surface area contributed by atoms with Gasteiger partial charge in [0.2, 0.25) is 0 Å². The molecule has 1 aliphatic heterocycles. The lowest BCUT2D eigenvalue weighted by atomic mass is 9.96. The van der Waals surface area contributed by atoms with Gasteiger partial charge in [0, 0.05) is 5.56 Å². The standard InChI is InChI=1S/C11H10BrNO/c12-10-5-1-4-9-8(7-13)3-2-6-14-11(9)10/h1,4-5,8H,2-3,6H2. The molecular formula is C11H10BrNO. The maximum Gasteiger partial charge on any atom is 0.137 e. The predicted molar refractivity (Wildman–Crippen MR) is 57.2 cm³/mol. The number of nitriles is 1. The van der Waals surface area contributed by atoms with Crippen molar-refractivity contribution in [2.24, 2.45) is 0 Å². The molecule has 0 saturated heterocycles. The van der Waals surface area contributed by atoms with Gasteiger partial charge in [0.25, 0.3) is 0 Å². The van der Waals surface area contributed by atoms with Gasteiger partial charge in [0.15, 0.2) is 0 Å². The summed E-state index contributed by atoms with van der Waals surface area (Å²) in [6.07, 6.45) is 1.83. The van der Waals surface area contributed by atoms with Gasteiger partial charge in [-0.05, 0) is 34.8 Å². The van der Waals surface area contributed by atoms with E-state index in [4.69, 9.17) is 10.00 Å². The number of halogens is 1. The fraction of sp³-hybridized carbons (Fsp3) is 0.364. The molecule has 72 valence electrons. The van der Waals surface area contributed by atoms with Crippen molar-refractivity contribution in [1.82, 2.24) is 0 Å². The van der Waals surface area contributed by atoms with Gasteiger partial charge in [-0.25, -0.2) is 0 Å². The van der Waals surface area contributed by atoms with Crippen molar-refractivity contribution in [3.8, 4) is 11.8 Å². The number of hydrogen-bond donors (Lipinski definition) is 0. The van der Waals surface area contributed by atoms with Gasteiger partial charge in [-0.1, -0.05) is 12.1 Å². The molecule has 0 fully saturated rings. The summed E-state index contributed by atoms with van der Waals surface area (Å²) < 4.78 is 6.56. The van der Waals surface area contributed by atoms with Crippen LogP contribution in [0, 0.1) is 11.3 Å². The van der Waals surface area contributed by atoms with Crippen molar-refractivity contribution in [2.75, 3.05) is 6.61 Å². The minimum Gasteiger partial charge on any atom is -0.492 e. The van der Waals surface area contributed by atoms with Crippen molar-refractivity contribution >= 4 is 15.9 Å². The molecule has 0 spiro atoms. The van der Waals surface area contributed by atoms with Crippen molar-refractivity contribution in [3.05, 3.63) is 28.2 Å². The van der Waals surface area contributed by atoms with Crippen LogP contribution in [-0.4, -0.2) is 6.61 Å². The zero-order valence-electron chi connectivity index (χ0n) is 7.66. The predicted octanol–water partition coefficient (Wildman–Crippen LogP) is 3.23. The van der Waals surface area contributed by atoms with Gasteiger partial charge in [0.05, 0.1) is 23.1 Å². The van der Waals surface area contributed by atoms with Crippen molar-refractivity contribution in [3.63, 3.8) is 0 Å². The van der Waals surface area contributed by atoms with Crippen molar-refractivity contribution in [2.45, 2.75) is 18.8 Å². The second kappa shape index (κ2) is 4.02. The first-order chi connectivity index (χ1) is 6.83. The van der Waals surface area contributed by atoms with Crippen molar-refractivity contribution in [1.29, 1.82) is 5.26 Å². The molecule has 2 nitrogen and oxygen atoms in total. The highest BCUT2D eigenvalue weighted by molar-refractivity contribution is 9.10. The number of benzene rings is 1. The third-order valence-electron chi connectivity index (χ3n) is 2.41. The van der Waals surface area contributed by atoms with Crippen LogP contribution < -0.4 is 4.74 Å². The molecule has 0 aliphatic carbocycles. The summed E-state index contributed by atoms with van der Waals surface area (Å²) in [6, 6.07) is 8.19. The second-order valence-electron chi connectivity index (χ2n) is 3.33. The molecule has 1 unspecified atom stereocenters. The highest BCUT2D eigenvalue weighted by Gasteiger charge is 2.20. The molecule has 1 aromatic carbocycles. The first-order valence-corrected chi connectivity index (χ1v) is 5.43. The third-order valence-corrected chi connectivity index (χ3v) is 3.04. The number of hydrogen-bond acceptors (Lipinski definition) is 2. The Morgan fingerprint density at radius 1 is 1.50 bits per heavy atom. The van der Waals surface area contributed by atoms with E-state index in [0.29, 0.717) is 6.61 Å². The molecule has 1 atom stereocenters. The number of fused-ring (bicyclic) bond motifs is 1. The normalized spacial score (nSPS) is 20.1. The summed E-state index contributed by atoms with van der Waals surface area (Å²) >= 11 is 3.44. The van der Waals surface area contributed by atoms with Crippen LogP contribution >= 0.6 is 15.9 Å². The molecule has 3 heteroatoms. The topological polar surface area (TPSA) is 33.0 Å². The van der Waals surface area contributed by atoms with E-state index >= 15 is 0 Å². The molecule has 0 amide bonds. The Bertz CT molecular complexity index is 383. The lowest BCUT2D eigenvalue weighted by molar-refractivity contribution is 0.315. The molecule has 1 aromatic rings. The molecule has 0 N–H and O–H groups in total. The van der Waals surface area contributed by atoms with E-state index in [9.17, 15) is 0 Å². The molecule has 14 heavy (non-hydrogen) atoms. The average molecular weight is 252 g/mol. The summed E-state index contributed by atoms with van der Waals surface area (Å²) in [7, 11) is 0. The molecule has 1 heterocycles. The Balaban J connectivity index is 2.51. The molecule has 2 rings (SSSR count). The van der Waals surface area contributed by atoms with Crippen LogP contribution in [0.5, 0.6) is 5.75 Å². The van der Waals surface area contributed by atoms with Gasteiger partial charge < -0.3 is 4.74 Å². The van der Waals surface area contributed by atoms with Gasteiger partial charge >= 0.3 is 0 Å². The Labute approximate surface area is 91.6 Å². The quantitative estimate of drug-likeness (QED) is 0.710. The van der Waals surface area contributed by atoms with Gasteiger partial charge in [-0.3, -0.25) is 0 Å². The highest BCUT2D eigenvalue weighted by Crippen LogP contribution is 2.37. The zero-order valence-corrected chi connectivity index (χ0v) is 9.25. The van der Waals surface area contributed by atoms with Crippen LogP contribution in [0.25, 0.3) is 0 Å². The molecule has 0 aromatic heterocycles. The molecule has 0 saturated carbocycles.